The van der Waals surface area contributed by atoms with E-state index < -0.39 is 0 Å². The van der Waals surface area contributed by atoms with Gasteiger partial charge in [0.25, 0.3) is 0 Å². The number of terminal acetylenes is 1. The molecule has 0 bridgehead atoms. The van der Waals surface area contributed by atoms with E-state index in [9.17, 15) is 0 Å². The minimum Gasteiger partial charge on any atom is -0.324 e. The molecule has 0 aromatic rings. The Hall–Kier alpha value is -0.480. The Labute approximate surface area is 50.3 Å². The van der Waals surface area contributed by atoms with E-state index in [-0.39, 0.29) is 5.54 Å². The van der Waals surface area contributed by atoms with Crippen LogP contribution in [0.2, 0.25) is 0 Å². The first-order valence-corrected chi connectivity index (χ1v) is 2.92. The van der Waals surface area contributed by atoms with E-state index in [0.29, 0.717) is 5.92 Å². The summed E-state index contributed by atoms with van der Waals surface area (Å²) in [6.45, 7) is 2.01. The SMILES string of the molecule is C#CC1CC[C@]1(C)N. The van der Waals surface area contributed by atoms with Crippen LogP contribution in [0.5, 0.6) is 0 Å². The third-order valence-corrected chi connectivity index (χ3v) is 1.97. The summed E-state index contributed by atoms with van der Waals surface area (Å²) in [5.41, 5.74) is 5.69. The molecule has 0 aliphatic heterocycles. The average molecular weight is 109 g/mol. The summed E-state index contributed by atoms with van der Waals surface area (Å²) in [6.07, 6.45) is 7.38. The molecular weight excluding hydrogens is 98.1 g/mol. The molecule has 1 saturated carbocycles. The van der Waals surface area contributed by atoms with Crippen molar-refractivity contribution in [3.63, 3.8) is 0 Å². The van der Waals surface area contributed by atoms with Crippen LogP contribution in [-0.4, -0.2) is 5.54 Å². The zero-order valence-electron chi connectivity index (χ0n) is 5.15. The van der Waals surface area contributed by atoms with Gasteiger partial charge in [-0.3, -0.25) is 0 Å². The number of hydrogen-bond donors (Lipinski definition) is 1. The minimum atomic E-state index is -0.0469. The molecule has 0 aromatic heterocycles. The summed E-state index contributed by atoms with van der Waals surface area (Å²) in [4.78, 5) is 0. The second kappa shape index (κ2) is 1.50. The fraction of sp³-hybridized carbons (Fsp3) is 0.714. The summed E-state index contributed by atoms with van der Waals surface area (Å²) in [5, 5.41) is 0. The van der Waals surface area contributed by atoms with Gasteiger partial charge < -0.3 is 5.73 Å². The molecule has 1 nitrogen and oxygen atoms in total. The van der Waals surface area contributed by atoms with E-state index in [2.05, 4.69) is 5.92 Å². The van der Waals surface area contributed by atoms with Crippen molar-refractivity contribution in [2.45, 2.75) is 25.3 Å². The molecular formula is C7H11N. The van der Waals surface area contributed by atoms with Gasteiger partial charge in [-0.15, -0.1) is 12.3 Å². The maximum atomic E-state index is 5.73. The van der Waals surface area contributed by atoms with Crippen LogP contribution in [0.1, 0.15) is 19.8 Å². The lowest BCUT2D eigenvalue weighted by molar-refractivity contribution is 0.204. The minimum absolute atomic E-state index is 0.0469. The summed E-state index contributed by atoms with van der Waals surface area (Å²) < 4.78 is 0. The van der Waals surface area contributed by atoms with Crippen molar-refractivity contribution in [3.05, 3.63) is 0 Å². The lowest BCUT2D eigenvalue weighted by atomic mass is 9.69. The number of nitrogens with two attached hydrogens (primary N) is 1. The highest BCUT2D eigenvalue weighted by Crippen LogP contribution is 2.34. The Morgan fingerprint density at radius 1 is 1.88 bits per heavy atom. The van der Waals surface area contributed by atoms with Crippen LogP contribution in [0.4, 0.5) is 0 Å². The monoisotopic (exact) mass is 109 g/mol. The zero-order valence-corrected chi connectivity index (χ0v) is 5.15. The van der Waals surface area contributed by atoms with E-state index in [1.807, 2.05) is 6.92 Å². The molecule has 1 aliphatic carbocycles. The van der Waals surface area contributed by atoms with Crippen molar-refractivity contribution >= 4 is 0 Å². The summed E-state index contributed by atoms with van der Waals surface area (Å²) in [6, 6.07) is 0. The lowest BCUT2D eigenvalue weighted by Gasteiger charge is -2.40. The molecule has 8 heavy (non-hydrogen) atoms. The van der Waals surface area contributed by atoms with Crippen LogP contribution in [0.3, 0.4) is 0 Å². The van der Waals surface area contributed by atoms with Gasteiger partial charge in [0.05, 0.1) is 0 Å². The second-order valence-electron chi connectivity index (χ2n) is 2.76. The van der Waals surface area contributed by atoms with Gasteiger partial charge in [-0.1, -0.05) is 0 Å². The lowest BCUT2D eigenvalue weighted by Crippen LogP contribution is -2.51. The Morgan fingerprint density at radius 2 is 2.50 bits per heavy atom. The normalized spacial score (nSPS) is 44.9. The van der Waals surface area contributed by atoms with Gasteiger partial charge in [-0.25, -0.2) is 0 Å². The van der Waals surface area contributed by atoms with Gasteiger partial charge in [0.1, 0.15) is 0 Å². The second-order valence-corrected chi connectivity index (χ2v) is 2.76. The van der Waals surface area contributed by atoms with Crippen molar-refractivity contribution in [2.75, 3.05) is 0 Å². The van der Waals surface area contributed by atoms with Crippen LogP contribution in [0.25, 0.3) is 0 Å². The topological polar surface area (TPSA) is 26.0 Å². The molecule has 0 radical (unpaired) electrons. The van der Waals surface area contributed by atoms with Gasteiger partial charge >= 0.3 is 0 Å². The molecule has 1 heteroatoms. The zero-order chi connectivity index (χ0) is 6.20. The largest absolute Gasteiger partial charge is 0.324 e. The summed E-state index contributed by atoms with van der Waals surface area (Å²) >= 11 is 0. The van der Waals surface area contributed by atoms with Crippen molar-refractivity contribution in [1.82, 2.24) is 0 Å². The van der Waals surface area contributed by atoms with Crippen LogP contribution in [0, 0.1) is 18.3 Å². The Morgan fingerprint density at radius 3 is 2.50 bits per heavy atom. The van der Waals surface area contributed by atoms with Crippen LogP contribution < -0.4 is 5.73 Å². The van der Waals surface area contributed by atoms with E-state index in [1.165, 1.54) is 0 Å². The maximum absolute atomic E-state index is 5.73. The predicted molar refractivity (Wildman–Crippen MR) is 34.1 cm³/mol. The molecule has 0 aromatic carbocycles. The Balaban J connectivity index is 2.53. The molecule has 1 aliphatic rings. The molecule has 0 saturated heterocycles. The van der Waals surface area contributed by atoms with Crippen LogP contribution >= 0.6 is 0 Å². The highest BCUT2D eigenvalue weighted by Gasteiger charge is 2.37. The molecule has 1 rings (SSSR count). The quantitative estimate of drug-likeness (QED) is 0.456. The highest BCUT2D eigenvalue weighted by molar-refractivity contribution is 5.11. The van der Waals surface area contributed by atoms with E-state index in [4.69, 9.17) is 12.2 Å². The van der Waals surface area contributed by atoms with Gasteiger partial charge in [-0.05, 0) is 19.8 Å². The van der Waals surface area contributed by atoms with Crippen molar-refractivity contribution in [2.24, 2.45) is 11.7 Å². The molecule has 0 spiro atoms. The molecule has 2 atom stereocenters. The number of hydrogen-bond acceptors (Lipinski definition) is 1. The third-order valence-electron chi connectivity index (χ3n) is 1.97. The standard InChI is InChI=1S/C7H11N/c1-3-6-4-5-7(6,2)8/h1,6H,4-5,8H2,2H3/t6?,7-/m0/s1. The van der Waals surface area contributed by atoms with Gasteiger partial charge in [0, 0.05) is 11.5 Å². The molecule has 1 fully saturated rings. The van der Waals surface area contributed by atoms with E-state index in [1.54, 1.807) is 0 Å². The maximum Gasteiger partial charge on any atom is 0.0378 e. The third kappa shape index (κ3) is 0.617. The van der Waals surface area contributed by atoms with Gasteiger partial charge in [0.2, 0.25) is 0 Å². The first-order chi connectivity index (χ1) is 3.67. The van der Waals surface area contributed by atoms with Crippen molar-refractivity contribution < 1.29 is 0 Å². The predicted octanol–water partition coefficient (Wildman–Crippen LogP) is 0.747. The Bertz CT molecular complexity index is 130. The first-order valence-electron chi connectivity index (χ1n) is 2.92. The number of rotatable bonds is 0. The average Bonchev–Trinajstić information content (AvgIpc) is 1.66. The molecule has 0 heterocycles. The van der Waals surface area contributed by atoms with Crippen molar-refractivity contribution in [1.29, 1.82) is 0 Å². The fourth-order valence-electron chi connectivity index (χ4n) is 1.02. The van der Waals surface area contributed by atoms with Crippen LogP contribution in [-0.2, 0) is 0 Å². The van der Waals surface area contributed by atoms with Crippen molar-refractivity contribution in [3.8, 4) is 12.3 Å². The molecule has 1 unspecified atom stereocenters. The van der Waals surface area contributed by atoms with Gasteiger partial charge in [0.15, 0.2) is 0 Å². The summed E-state index contributed by atoms with van der Waals surface area (Å²) in [5.74, 6) is 3.00. The molecule has 44 valence electrons. The van der Waals surface area contributed by atoms with Crippen LogP contribution in [0.15, 0.2) is 0 Å². The van der Waals surface area contributed by atoms with Gasteiger partial charge in [-0.2, -0.15) is 0 Å². The first kappa shape index (κ1) is 5.65. The summed E-state index contributed by atoms with van der Waals surface area (Å²) in [7, 11) is 0. The highest BCUT2D eigenvalue weighted by atomic mass is 14.8. The fourth-order valence-corrected chi connectivity index (χ4v) is 1.02. The smallest absolute Gasteiger partial charge is 0.0378 e. The van der Waals surface area contributed by atoms with E-state index >= 15 is 0 Å². The molecule has 2 N–H and O–H groups in total. The molecule has 0 amide bonds. The van der Waals surface area contributed by atoms with E-state index in [0.717, 1.165) is 12.8 Å². The Kier molecular flexibility index (Phi) is 1.06.